The maximum atomic E-state index is 10.6. The maximum absolute atomic E-state index is 10.6. The van der Waals surface area contributed by atoms with Crippen LogP contribution in [0.4, 0.5) is 5.69 Å². The number of benzene rings is 1. The predicted molar refractivity (Wildman–Crippen MR) is 83.9 cm³/mol. The van der Waals surface area contributed by atoms with E-state index in [-0.39, 0.29) is 10.6 Å². The quantitative estimate of drug-likeness (QED) is 0.332. The van der Waals surface area contributed by atoms with Crippen molar-refractivity contribution in [1.82, 2.24) is 0 Å². The number of rotatable bonds is 4. The molecule has 0 radical (unpaired) electrons. The first kappa shape index (κ1) is 16.0. The fourth-order valence-corrected chi connectivity index (χ4v) is 3.44. The molecule has 0 aliphatic rings. The standard InChI is InChI=1S/C12H12NO2.3CH3.Sn/c1-3-4-10(2)9-11-5-7-12(8-6-11)13(14)15;;;;/h4-9H,1-2H3;3*1H3;/b4-3?,10-9+;;;;. The molecule has 0 unspecified atom stereocenters. The molecule has 0 atom stereocenters. The summed E-state index contributed by atoms with van der Waals surface area (Å²) in [5.41, 5.74) is 2.32. The summed E-state index contributed by atoms with van der Waals surface area (Å²) in [7, 11) is 0. The number of nitro groups is 1. The first-order valence-corrected chi connectivity index (χ1v) is 16.3. The van der Waals surface area contributed by atoms with Gasteiger partial charge in [0.1, 0.15) is 0 Å². The summed E-state index contributed by atoms with van der Waals surface area (Å²) in [5.74, 6) is 0. The molecule has 19 heavy (non-hydrogen) atoms. The van der Waals surface area contributed by atoms with E-state index in [1.807, 2.05) is 0 Å². The van der Waals surface area contributed by atoms with Gasteiger partial charge in [-0.1, -0.05) is 0 Å². The van der Waals surface area contributed by atoms with E-state index in [0.717, 1.165) is 5.56 Å². The average molecular weight is 366 g/mol. The molecular formula is C15H21NO2Sn. The predicted octanol–water partition coefficient (Wildman–Crippen LogP) is 4.82. The molecule has 0 amide bonds. The van der Waals surface area contributed by atoms with Crippen LogP contribution in [0.15, 0.2) is 39.5 Å². The van der Waals surface area contributed by atoms with Gasteiger partial charge in [0.15, 0.2) is 0 Å². The van der Waals surface area contributed by atoms with Crippen LogP contribution in [0.25, 0.3) is 6.08 Å². The molecule has 1 rings (SSSR count). The van der Waals surface area contributed by atoms with Crippen molar-refractivity contribution in [2.75, 3.05) is 0 Å². The molecule has 0 aromatic heterocycles. The average Bonchev–Trinajstić information content (AvgIpc) is 2.28. The fourth-order valence-electron chi connectivity index (χ4n) is 1.55. The number of nitrogens with zero attached hydrogens (tertiary/aromatic N) is 1. The topological polar surface area (TPSA) is 43.1 Å². The number of hydrogen-bond donors (Lipinski definition) is 0. The van der Waals surface area contributed by atoms with Crippen LogP contribution in [0.2, 0.25) is 14.8 Å². The van der Waals surface area contributed by atoms with Gasteiger partial charge in [-0.15, -0.1) is 0 Å². The van der Waals surface area contributed by atoms with Crippen molar-refractivity contribution in [3.8, 4) is 0 Å². The van der Waals surface area contributed by atoms with Crippen molar-refractivity contribution in [2.45, 2.75) is 28.7 Å². The van der Waals surface area contributed by atoms with Gasteiger partial charge >= 0.3 is 119 Å². The van der Waals surface area contributed by atoms with Crippen molar-refractivity contribution in [2.24, 2.45) is 0 Å². The minimum absolute atomic E-state index is 0.132. The van der Waals surface area contributed by atoms with E-state index in [1.165, 1.54) is 9.16 Å². The Morgan fingerprint density at radius 3 is 2.11 bits per heavy atom. The zero-order valence-electron chi connectivity index (χ0n) is 12.2. The molecular weight excluding hydrogens is 345 g/mol. The zero-order chi connectivity index (χ0) is 14.6. The monoisotopic (exact) mass is 367 g/mol. The van der Waals surface area contributed by atoms with Gasteiger partial charge in [-0.25, -0.2) is 0 Å². The van der Waals surface area contributed by atoms with E-state index in [9.17, 15) is 10.1 Å². The SMILES string of the molecule is C/[C](=C/C(C)=C/c1ccc([N+](=O)[O-])cc1)[Sn]([CH3])([CH3])[CH3]. The van der Waals surface area contributed by atoms with Crippen LogP contribution in [0.1, 0.15) is 19.4 Å². The third kappa shape index (κ3) is 5.18. The number of allylic oxidation sites excluding steroid dienone is 3. The van der Waals surface area contributed by atoms with Crippen LogP contribution in [0, 0.1) is 10.1 Å². The molecule has 3 nitrogen and oxygen atoms in total. The molecule has 1 aromatic carbocycles. The molecule has 0 aliphatic heterocycles. The molecule has 4 heteroatoms. The van der Waals surface area contributed by atoms with Crippen LogP contribution >= 0.6 is 0 Å². The fraction of sp³-hybridized carbons (Fsp3) is 0.333. The van der Waals surface area contributed by atoms with E-state index in [0.29, 0.717) is 0 Å². The van der Waals surface area contributed by atoms with E-state index < -0.39 is 18.4 Å². The number of non-ortho nitro benzene ring substituents is 1. The van der Waals surface area contributed by atoms with E-state index in [4.69, 9.17) is 0 Å². The molecule has 0 fully saturated rings. The first-order valence-electron chi connectivity index (χ1n) is 6.31. The van der Waals surface area contributed by atoms with Crippen LogP contribution < -0.4 is 0 Å². The Hall–Kier alpha value is -1.10. The summed E-state index contributed by atoms with van der Waals surface area (Å²) in [6.45, 7) is 4.28. The molecule has 1 aromatic rings. The normalized spacial score (nSPS) is 13.5. The van der Waals surface area contributed by atoms with Crippen molar-refractivity contribution in [3.63, 3.8) is 0 Å². The summed E-state index contributed by atoms with van der Waals surface area (Å²) in [5, 5.41) is 10.6. The van der Waals surface area contributed by atoms with Gasteiger partial charge in [0.2, 0.25) is 0 Å². The molecule has 0 spiro atoms. The first-order chi connectivity index (χ1) is 8.70. The van der Waals surface area contributed by atoms with Crippen LogP contribution in [0.5, 0.6) is 0 Å². The minimum atomic E-state index is -1.95. The van der Waals surface area contributed by atoms with Crippen LogP contribution in [-0.2, 0) is 0 Å². The van der Waals surface area contributed by atoms with Crippen molar-refractivity contribution < 1.29 is 4.92 Å². The third-order valence-electron chi connectivity index (χ3n) is 3.13. The summed E-state index contributed by atoms with van der Waals surface area (Å²) in [6, 6.07) is 6.65. The molecule has 0 bridgehead atoms. The van der Waals surface area contributed by atoms with Crippen molar-refractivity contribution in [1.29, 1.82) is 0 Å². The molecule has 0 N–H and O–H groups in total. The second-order valence-corrected chi connectivity index (χ2v) is 20.9. The Kier molecular flexibility index (Phi) is 5.35. The van der Waals surface area contributed by atoms with Gasteiger partial charge in [0.05, 0.1) is 0 Å². The molecule has 0 saturated carbocycles. The summed E-state index contributed by atoms with van der Waals surface area (Å²) in [4.78, 5) is 17.4. The van der Waals surface area contributed by atoms with Gasteiger partial charge in [0, 0.05) is 0 Å². The third-order valence-corrected chi connectivity index (χ3v) is 10.3. The van der Waals surface area contributed by atoms with E-state index >= 15 is 0 Å². The van der Waals surface area contributed by atoms with Crippen molar-refractivity contribution >= 4 is 30.1 Å². The Morgan fingerprint density at radius 2 is 1.68 bits per heavy atom. The Bertz CT molecular complexity index is 522. The molecule has 0 heterocycles. The zero-order valence-corrected chi connectivity index (χ0v) is 15.1. The Labute approximate surface area is 119 Å². The number of hydrogen-bond acceptors (Lipinski definition) is 2. The van der Waals surface area contributed by atoms with Gasteiger partial charge in [-0.3, -0.25) is 0 Å². The number of nitro benzene ring substituents is 1. The second kappa shape index (κ2) is 6.37. The molecule has 102 valence electrons. The summed E-state index contributed by atoms with van der Waals surface area (Å²) >= 11 is -1.95. The summed E-state index contributed by atoms with van der Waals surface area (Å²) in [6.07, 6.45) is 4.31. The van der Waals surface area contributed by atoms with Crippen LogP contribution in [-0.4, -0.2) is 23.3 Å². The van der Waals surface area contributed by atoms with Gasteiger partial charge in [0.25, 0.3) is 0 Å². The Morgan fingerprint density at radius 1 is 1.16 bits per heavy atom. The summed E-state index contributed by atoms with van der Waals surface area (Å²) < 4.78 is 1.52. The van der Waals surface area contributed by atoms with Gasteiger partial charge in [-0.2, -0.15) is 0 Å². The molecule has 0 saturated heterocycles. The van der Waals surface area contributed by atoms with Gasteiger partial charge < -0.3 is 0 Å². The van der Waals surface area contributed by atoms with Crippen LogP contribution in [0.3, 0.4) is 0 Å². The second-order valence-electron chi connectivity index (χ2n) is 5.81. The Balaban J connectivity index is 2.94. The van der Waals surface area contributed by atoms with E-state index in [2.05, 4.69) is 40.8 Å². The van der Waals surface area contributed by atoms with E-state index in [1.54, 1.807) is 24.3 Å². The van der Waals surface area contributed by atoms with Gasteiger partial charge in [-0.05, 0) is 0 Å². The van der Waals surface area contributed by atoms with Crippen molar-refractivity contribution in [3.05, 3.63) is 55.2 Å². The molecule has 0 aliphatic carbocycles.